The molecular weight excluding hydrogens is 390 g/mol. The van der Waals surface area contributed by atoms with Gasteiger partial charge in [0.05, 0.1) is 6.26 Å². The normalized spacial score (nSPS) is 20.1. The predicted molar refractivity (Wildman–Crippen MR) is 105 cm³/mol. The molecule has 4 heterocycles. The molecule has 5 rings (SSSR count). The Morgan fingerprint density at radius 2 is 2.10 bits per heavy atom. The summed E-state index contributed by atoms with van der Waals surface area (Å²) in [6.45, 7) is 2.04. The summed E-state index contributed by atoms with van der Waals surface area (Å²) in [7, 11) is 0. The zero-order valence-electron chi connectivity index (χ0n) is 16.0. The second-order valence-electron chi connectivity index (χ2n) is 7.10. The molecular formula is C20H19N5O5. The maximum atomic E-state index is 12.9. The lowest BCUT2D eigenvalue weighted by Gasteiger charge is -2.30. The monoisotopic (exact) mass is 409 g/mol. The van der Waals surface area contributed by atoms with Crippen LogP contribution in [-0.4, -0.2) is 34.4 Å². The van der Waals surface area contributed by atoms with E-state index in [-0.39, 0.29) is 24.6 Å². The Hall–Kier alpha value is -3.79. The van der Waals surface area contributed by atoms with Crippen LogP contribution in [0.1, 0.15) is 30.0 Å². The molecule has 10 heteroatoms. The first-order valence-electron chi connectivity index (χ1n) is 9.46. The standard InChI is InChI=1S/C20H19N5O5/c1-11-7-18(26)23-20(21-11)25-17(9-13(24-25)14-3-2-6-28-14)22-19(27)12-4-5-15-16(8-12)30-10-29-15/h2-6,8-9,11,20-21H,7,10H2,1H3,(H,22,27)(H,23,26). The summed E-state index contributed by atoms with van der Waals surface area (Å²) in [4.78, 5) is 24.9. The quantitative estimate of drug-likeness (QED) is 0.603. The van der Waals surface area contributed by atoms with Crippen molar-refractivity contribution in [1.82, 2.24) is 20.4 Å². The highest BCUT2D eigenvalue weighted by Gasteiger charge is 2.28. The molecule has 2 aliphatic rings. The summed E-state index contributed by atoms with van der Waals surface area (Å²) in [6.07, 6.45) is 1.29. The van der Waals surface area contributed by atoms with Crippen LogP contribution in [-0.2, 0) is 4.79 Å². The van der Waals surface area contributed by atoms with Crippen molar-refractivity contribution in [3.8, 4) is 23.0 Å². The fourth-order valence-corrected chi connectivity index (χ4v) is 3.45. The fourth-order valence-electron chi connectivity index (χ4n) is 3.45. The highest BCUT2D eigenvalue weighted by Crippen LogP contribution is 2.33. The lowest BCUT2D eigenvalue weighted by Crippen LogP contribution is -2.52. The van der Waals surface area contributed by atoms with Gasteiger partial charge in [-0.1, -0.05) is 0 Å². The smallest absolute Gasteiger partial charge is 0.256 e. The van der Waals surface area contributed by atoms with Gasteiger partial charge in [0.2, 0.25) is 12.7 Å². The SMILES string of the molecule is CC1CC(=O)NC(n2nc(-c3ccco3)cc2NC(=O)c2ccc3c(c2)OCO3)N1. The zero-order valence-corrected chi connectivity index (χ0v) is 16.0. The molecule has 0 radical (unpaired) electrons. The van der Waals surface area contributed by atoms with Gasteiger partial charge in [-0.05, 0) is 37.3 Å². The van der Waals surface area contributed by atoms with Gasteiger partial charge in [-0.2, -0.15) is 5.10 Å². The first kappa shape index (κ1) is 18.3. The van der Waals surface area contributed by atoms with E-state index in [1.165, 1.54) is 4.68 Å². The Kier molecular flexibility index (Phi) is 4.40. The van der Waals surface area contributed by atoms with Gasteiger partial charge in [0.1, 0.15) is 11.5 Å². The van der Waals surface area contributed by atoms with Crippen molar-refractivity contribution in [2.24, 2.45) is 0 Å². The van der Waals surface area contributed by atoms with E-state index in [0.29, 0.717) is 40.8 Å². The number of hydrogen-bond donors (Lipinski definition) is 3. The molecule has 10 nitrogen and oxygen atoms in total. The third kappa shape index (κ3) is 3.37. The van der Waals surface area contributed by atoms with Crippen molar-refractivity contribution in [3.63, 3.8) is 0 Å². The Morgan fingerprint density at radius 1 is 1.23 bits per heavy atom. The minimum atomic E-state index is -0.614. The molecule has 3 N–H and O–H groups in total. The molecule has 1 aromatic carbocycles. The average Bonchev–Trinajstić information content (AvgIpc) is 3.46. The minimum absolute atomic E-state index is 0.0441. The number of aromatic nitrogens is 2. The topological polar surface area (TPSA) is 120 Å². The van der Waals surface area contributed by atoms with Crippen molar-refractivity contribution in [3.05, 3.63) is 48.2 Å². The number of amides is 2. The minimum Gasteiger partial charge on any atom is -0.463 e. The van der Waals surface area contributed by atoms with Crippen LogP contribution in [0.3, 0.4) is 0 Å². The number of carbonyl (C=O) groups excluding carboxylic acids is 2. The van der Waals surface area contributed by atoms with Gasteiger partial charge >= 0.3 is 0 Å². The second kappa shape index (κ2) is 7.23. The molecule has 2 aliphatic heterocycles. The van der Waals surface area contributed by atoms with Gasteiger partial charge in [-0.3, -0.25) is 14.9 Å². The molecule has 3 aromatic rings. The first-order chi connectivity index (χ1) is 14.6. The number of hydrogen-bond acceptors (Lipinski definition) is 7. The predicted octanol–water partition coefficient (Wildman–Crippen LogP) is 2.08. The number of benzene rings is 1. The zero-order chi connectivity index (χ0) is 20.7. The molecule has 30 heavy (non-hydrogen) atoms. The Labute approximate surface area is 171 Å². The van der Waals surface area contributed by atoms with Gasteiger partial charge in [0.15, 0.2) is 23.5 Å². The molecule has 0 aliphatic carbocycles. The van der Waals surface area contributed by atoms with Gasteiger partial charge in [0.25, 0.3) is 5.91 Å². The first-order valence-corrected chi connectivity index (χ1v) is 9.46. The van der Waals surface area contributed by atoms with E-state index in [4.69, 9.17) is 13.9 Å². The maximum absolute atomic E-state index is 12.9. The van der Waals surface area contributed by atoms with Crippen LogP contribution in [0.15, 0.2) is 47.1 Å². The van der Waals surface area contributed by atoms with E-state index in [2.05, 4.69) is 21.0 Å². The summed E-state index contributed by atoms with van der Waals surface area (Å²) >= 11 is 0. The van der Waals surface area contributed by atoms with Crippen LogP contribution in [0.2, 0.25) is 0 Å². The van der Waals surface area contributed by atoms with E-state index in [9.17, 15) is 9.59 Å². The number of carbonyl (C=O) groups is 2. The number of nitrogens with zero attached hydrogens (tertiary/aromatic N) is 2. The molecule has 1 fully saturated rings. The van der Waals surface area contributed by atoms with Crippen LogP contribution < -0.4 is 25.4 Å². The summed E-state index contributed by atoms with van der Waals surface area (Å²) in [5.74, 6) is 1.60. The third-order valence-electron chi connectivity index (χ3n) is 4.86. The molecule has 2 unspecified atom stereocenters. The van der Waals surface area contributed by atoms with E-state index in [0.717, 1.165) is 0 Å². The lowest BCUT2D eigenvalue weighted by molar-refractivity contribution is -0.125. The van der Waals surface area contributed by atoms with Gasteiger partial charge in [-0.15, -0.1) is 0 Å². The molecule has 2 atom stereocenters. The van der Waals surface area contributed by atoms with E-state index in [1.54, 1.807) is 42.7 Å². The Morgan fingerprint density at radius 3 is 2.90 bits per heavy atom. The third-order valence-corrected chi connectivity index (χ3v) is 4.86. The van der Waals surface area contributed by atoms with Crippen LogP contribution >= 0.6 is 0 Å². The molecule has 1 saturated heterocycles. The van der Waals surface area contributed by atoms with Gasteiger partial charge in [0, 0.05) is 24.1 Å². The summed E-state index contributed by atoms with van der Waals surface area (Å²) in [5.41, 5.74) is 0.927. The van der Waals surface area contributed by atoms with E-state index in [1.807, 2.05) is 6.92 Å². The van der Waals surface area contributed by atoms with Crippen molar-refractivity contribution in [2.45, 2.75) is 25.7 Å². The molecule has 2 aromatic heterocycles. The highest BCUT2D eigenvalue weighted by molar-refractivity contribution is 6.04. The highest BCUT2D eigenvalue weighted by atomic mass is 16.7. The lowest BCUT2D eigenvalue weighted by atomic mass is 10.2. The molecule has 0 bridgehead atoms. The van der Waals surface area contributed by atoms with Crippen LogP contribution in [0, 0.1) is 0 Å². The van der Waals surface area contributed by atoms with Crippen LogP contribution in [0.4, 0.5) is 5.82 Å². The van der Waals surface area contributed by atoms with Crippen molar-refractivity contribution < 1.29 is 23.5 Å². The number of nitrogens with one attached hydrogen (secondary N) is 3. The Bertz CT molecular complexity index is 1110. The summed E-state index contributed by atoms with van der Waals surface area (Å²) in [5, 5.41) is 13.5. The molecule has 0 saturated carbocycles. The number of ether oxygens (including phenoxy) is 2. The number of fused-ring (bicyclic) bond motifs is 1. The Balaban J connectivity index is 1.47. The molecule has 154 valence electrons. The van der Waals surface area contributed by atoms with Gasteiger partial charge in [-0.25, -0.2) is 4.68 Å². The number of furan rings is 1. The van der Waals surface area contributed by atoms with Crippen molar-refractivity contribution >= 4 is 17.6 Å². The molecule has 0 spiro atoms. The van der Waals surface area contributed by atoms with Crippen LogP contribution in [0.5, 0.6) is 11.5 Å². The molecule has 2 amide bonds. The second-order valence-corrected chi connectivity index (χ2v) is 7.10. The number of anilines is 1. The summed E-state index contributed by atoms with van der Waals surface area (Å²) in [6, 6.07) is 10.1. The van der Waals surface area contributed by atoms with E-state index < -0.39 is 6.29 Å². The van der Waals surface area contributed by atoms with Crippen LogP contribution in [0.25, 0.3) is 11.5 Å². The fraction of sp³-hybridized carbons (Fsp3) is 0.250. The summed E-state index contributed by atoms with van der Waals surface area (Å²) < 4.78 is 17.6. The largest absolute Gasteiger partial charge is 0.463 e. The van der Waals surface area contributed by atoms with Crippen molar-refractivity contribution in [2.75, 3.05) is 12.1 Å². The maximum Gasteiger partial charge on any atom is 0.256 e. The average molecular weight is 409 g/mol. The number of rotatable bonds is 4. The van der Waals surface area contributed by atoms with E-state index >= 15 is 0 Å². The van der Waals surface area contributed by atoms with Gasteiger partial charge < -0.3 is 24.5 Å². The van der Waals surface area contributed by atoms with Crippen molar-refractivity contribution in [1.29, 1.82) is 0 Å².